The zero-order chi connectivity index (χ0) is 21.5. The minimum Gasteiger partial charge on any atom is -0.504 e. The van der Waals surface area contributed by atoms with Gasteiger partial charge in [-0.2, -0.15) is 0 Å². The summed E-state index contributed by atoms with van der Waals surface area (Å²) in [5, 5.41) is 20.5. The molecule has 0 atom stereocenters. The first kappa shape index (κ1) is 21.3. The Hall–Kier alpha value is -3.45. The number of rotatable bonds is 7. The zero-order valence-electron chi connectivity index (χ0n) is 16.9. The third-order valence-electron chi connectivity index (χ3n) is 4.23. The van der Waals surface area contributed by atoms with Gasteiger partial charge in [-0.25, -0.2) is 9.97 Å². The van der Waals surface area contributed by atoms with Crippen LogP contribution in [0.15, 0.2) is 47.6 Å². The normalized spacial score (nSPS) is 11.3. The molecule has 0 amide bonds. The summed E-state index contributed by atoms with van der Waals surface area (Å²) in [5.74, 6) is 1.02. The lowest BCUT2D eigenvalue weighted by molar-refractivity contribution is 0.373. The SMILES string of the molecule is COc1ccc(/C=C/c2cc(/C=C/c3ccc(OC)c(O)c3)nc(SC)n2)cc1O. The molecule has 0 fully saturated rings. The molecule has 2 aromatic carbocycles. The van der Waals surface area contributed by atoms with Crippen molar-refractivity contribution in [2.45, 2.75) is 5.16 Å². The van der Waals surface area contributed by atoms with E-state index in [1.165, 1.54) is 26.0 Å². The number of hydrogen-bond donors (Lipinski definition) is 2. The molecule has 0 aliphatic rings. The zero-order valence-corrected chi connectivity index (χ0v) is 17.7. The highest BCUT2D eigenvalue weighted by molar-refractivity contribution is 7.98. The molecule has 0 spiro atoms. The van der Waals surface area contributed by atoms with Gasteiger partial charge in [0.1, 0.15) is 0 Å². The van der Waals surface area contributed by atoms with E-state index < -0.39 is 0 Å². The molecule has 7 heteroatoms. The number of hydrogen-bond acceptors (Lipinski definition) is 7. The monoisotopic (exact) mass is 422 g/mol. The molecule has 0 bridgehead atoms. The first-order valence-electron chi connectivity index (χ1n) is 9.05. The highest BCUT2D eigenvalue weighted by Gasteiger charge is 2.04. The van der Waals surface area contributed by atoms with Crippen LogP contribution >= 0.6 is 11.8 Å². The van der Waals surface area contributed by atoms with Crippen LogP contribution in [0, 0.1) is 0 Å². The van der Waals surface area contributed by atoms with Gasteiger partial charge in [-0.05, 0) is 59.9 Å². The fourth-order valence-electron chi connectivity index (χ4n) is 2.71. The van der Waals surface area contributed by atoms with Crippen molar-refractivity contribution in [3.63, 3.8) is 0 Å². The summed E-state index contributed by atoms with van der Waals surface area (Å²) in [6.45, 7) is 0. The van der Waals surface area contributed by atoms with Gasteiger partial charge in [0, 0.05) is 0 Å². The molecule has 3 aromatic rings. The average molecular weight is 423 g/mol. The number of thioether (sulfide) groups is 1. The van der Waals surface area contributed by atoms with Crippen molar-refractivity contribution < 1.29 is 19.7 Å². The summed E-state index contributed by atoms with van der Waals surface area (Å²) in [7, 11) is 3.02. The maximum Gasteiger partial charge on any atom is 0.188 e. The van der Waals surface area contributed by atoms with Crippen molar-refractivity contribution in [3.8, 4) is 23.0 Å². The van der Waals surface area contributed by atoms with E-state index >= 15 is 0 Å². The summed E-state index contributed by atoms with van der Waals surface area (Å²) < 4.78 is 10.1. The van der Waals surface area contributed by atoms with Crippen LogP contribution in [-0.2, 0) is 0 Å². The number of methoxy groups -OCH3 is 2. The molecule has 154 valence electrons. The fourth-order valence-corrected chi connectivity index (χ4v) is 3.10. The summed E-state index contributed by atoms with van der Waals surface area (Å²) in [4.78, 5) is 9.00. The van der Waals surface area contributed by atoms with Crippen LogP contribution in [0.4, 0.5) is 0 Å². The molecule has 0 saturated heterocycles. The van der Waals surface area contributed by atoms with Gasteiger partial charge < -0.3 is 19.7 Å². The molecule has 0 aliphatic carbocycles. The number of phenols is 2. The van der Waals surface area contributed by atoms with Crippen LogP contribution in [0.25, 0.3) is 24.3 Å². The van der Waals surface area contributed by atoms with E-state index in [1.54, 1.807) is 24.3 Å². The van der Waals surface area contributed by atoms with Gasteiger partial charge in [0.2, 0.25) is 0 Å². The van der Waals surface area contributed by atoms with Crippen LogP contribution in [0.3, 0.4) is 0 Å². The Morgan fingerprint density at radius 1 is 0.733 bits per heavy atom. The third kappa shape index (κ3) is 5.33. The quantitative estimate of drug-likeness (QED) is 0.411. The Morgan fingerprint density at radius 3 is 1.57 bits per heavy atom. The second-order valence-corrected chi connectivity index (χ2v) is 7.01. The predicted molar refractivity (Wildman–Crippen MR) is 121 cm³/mol. The molecule has 0 radical (unpaired) electrons. The van der Waals surface area contributed by atoms with Gasteiger partial charge in [-0.1, -0.05) is 36.0 Å². The number of phenolic OH excluding ortho intramolecular Hbond substituents is 2. The highest BCUT2D eigenvalue weighted by atomic mass is 32.2. The molecule has 6 nitrogen and oxygen atoms in total. The molecular weight excluding hydrogens is 400 g/mol. The lowest BCUT2D eigenvalue weighted by Gasteiger charge is -2.04. The third-order valence-corrected chi connectivity index (χ3v) is 4.77. The minimum atomic E-state index is 0.0820. The molecule has 2 N–H and O–H groups in total. The fraction of sp³-hybridized carbons (Fsp3) is 0.130. The van der Waals surface area contributed by atoms with Gasteiger partial charge in [0.05, 0.1) is 25.6 Å². The number of nitrogens with zero attached hydrogens (tertiary/aromatic N) is 2. The van der Waals surface area contributed by atoms with E-state index in [9.17, 15) is 10.2 Å². The number of benzene rings is 2. The van der Waals surface area contributed by atoms with Crippen molar-refractivity contribution in [1.29, 1.82) is 0 Å². The maximum atomic E-state index is 9.92. The Morgan fingerprint density at radius 2 is 1.20 bits per heavy atom. The van der Waals surface area contributed by atoms with E-state index in [4.69, 9.17) is 9.47 Å². The predicted octanol–water partition coefficient (Wildman–Crippen LogP) is 4.97. The lowest BCUT2D eigenvalue weighted by Crippen LogP contribution is -1.92. The molecular formula is C23H22N2O4S. The smallest absolute Gasteiger partial charge is 0.188 e. The van der Waals surface area contributed by atoms with E-state index in [0.29, 0.717) is 16.7 Å². The van der Waals surface area contributed by atoms with Crippen LogP contribution in [0.1, 0.15) is 22.5 Å². The van der Waals surface area contributed by atoms with Crippen molar-refractivity contribution in [1.82, 2.24) is 9.97 Å². The van der Waals surface area contributed by atoms with Gasteiger partial charge in [-0.3, -0.25) is 0 Å². The van der Waals surface area contributed by atoms with Crippen molar-refractivity contribution in [2.24, 2.45) is 0 Å². The van der Waals surface area contributed by atoms with Crippen molar-refractivity contribution in [2.75, 3.05) is 20.5 Å². The van der Waals surface area contributed by atoms with E-state index in [2.05, 4.69) is 9.97 Å². The summed E-state index contributed by atoms with van der Waals surface area (Å²) in [6.07, 6.45) is 9.36. The van der Waals surface area contributed by atoms with Gasteiger partial charge in [0.15, 0.2) is 28.2 Å². The maximum absolute atomic E-state index is 9.92. The number of ether oxygens (including phenoxy) is 2. The van der Waals surface area contributed by atoms with Crippen LogP contribution in [0.2, 0.25) is 0 Å². The molecule has 1 heterocycles. The van der Waals surface area contributed by atoms with E-state index in [0.717, 1.165) is 22.5 Å². The number of aromatic nitrogens is 2. The average Bonchev–Trinajstić information content (AvgIpc) is 2.76. The first-order chi connectivity index (χ1) is 14.5. The molecule has 1 aromatic heterocycles. The Balaban J connectivity index is 1.84. The Bertz CT molecular complexity index is 1010. The van der Waals surface area contributed by atoms with E-state index in [1.807, 2.05) is 48.8 Å². The van der Waals surface area contributed by atoms with E-state index in [-0.39, 0.29) is 11.5 Å². The first-order valence-corrected chi connectivity index (χ1v) is 10.3. The van der Waals surface area contributed by atoms with Gasteiger partial charge >= 0.3 is 0 Å². The summed E-state index contributed by atoms with van der Waals surface area (Å²) in [5.41, 5.74) is 3.12. The number of aromatic hydroxyl groups is 2. The van der Waals surface area contributed by atoms with Crippen molar-refractivity contribution >= 4 is 36.1 Å². The van der Waals surface area contributed by atoms with Crippen molar-refractivity contribution in [3.05, 3.63) is 65.0 Å². The Labute approximate surface area is 179 Å². The van der Waals surface area contributed by atoms with Crippen LogP contribution < -0.4 is 9.47 Å². The van der Waals surface area contributed by atoms with Gasteiger partial charge in [-0.15, -0.1) is 0 Å². The minimum absolute atomic E-state index is 0.0820. The topological polar surface area (TPSA) is 84.7 Å². The summed E-state index contributed by atoms with van der Waals surface area (Å²) >= 11 is 1.45. The van der Waals surface area contributed by atoms with Gasteiger partial charge in [0.25, 0.3) is 0 Å². The molecule has 0 unspecified atom stereocenters. The standard InChI is InChI=1S/C23H22N2O4S/c1-28-21-10-6-15(12-19(21)26)4-8-17-14-18(25-23(24-17)30-3)9-5-16-7-11-22(29-2)20(27)13-16/h4-14,26-27H,1-3H3/b8-4+,9-5+. The Kier molecular flexibility index (Phi) is 6.98. The summed E-state index contributed by atoms with van der Waals surface area (Å²) in [6, 6.07) is 12.2. The lowest BCUT2D eigenvalue weighted by atomic mass is 10.1. The largest absolute Gasteiger partial charge is 0.504 e. The second kappa shape index (κ2) is 9.84. The molecule has 3 rings (SSSR count). The second-order valence-electron chi connectivity index (χ2n) is 6.23. The molecule has 30 heavy (non-hydrogen) atoms. The van der Waals surface area contributed by atoms with Crippen LogP contribution in [-0.4, -0.2) is 40.7 Å². The highest BCUT2D eigenvalue weighted by Crippen LogP contribution is 2.28. The van der Waals surface area contributed by atoms with Crippen LogP contribution in [0.5, 0.6) is 23.0 Å². The molecule has 0 saturated carbocycles. The molecule has 0 aliphatic heterocycles.